The molecule has 0 unspecified atom stereocenters. The summed E-state index contributed by atoms with van der Waals surface area (Å²) in [6.07, 6.45) is 2.11. The molecule has 0 aromatic heterocycles. The van der Waals surface area contributed by atoms with E-state index >= 15 is 0 Å². The van der Waals surface area contributed by atoms with Crippen molar-refractivity contribution in [3.8, 4) is 0 Å². The Kier molecular flexibility index (Phi) is 8.53. The highest BCUT2D eigenvalue weighted by molar-refractivity contribution is 8.14. The van der Waals surface area contributed by atoms with Crippen LogP contribution in [0.1, 0.15) is 44.2 Å². The Morgan fingerprint density at radius 3 is 2.61 bits per heavy atom. The van der Waals surface area contributed by atoms with E-state index in [0.717, 1.165) is 24.0 Å². The molecule has 2 aromatic carbocycles. The van der Waals surface area contributed by atoms with Crippen LogP contribution in [0.5, 0.6) is 0 Å². The summed E-state index contributed by atoms with van der Waals surface area (Å²) in [4.78, 5) is 48.9. The molecule has 2 aliphatic heterocycles. The zero-order valence-corrected chi connectivity index (χ0v) is 21.4. The van der Waals surface area contributed by atoms with Gasteiger partial charge in [0.15, 0.2) is 5.17 Å². The molecule has 2 aliphatic rings. The first-order chi connectivity index (χ1) is 17.5. The van der Waals surface area contributed by atoms with Crippen molar-refractivity contribution in [3.63, 3.8) is 0 Å². The van der Waals surface area contributed by atoms with Gasteiger partial charge in [-0.05, 0) is 43.9 Å². The van der Waals surface area contributed by atoms with Crippen LogP contribution >= 0.6 is 11.8 Å². The molecule has 0 fully saturated rings. The molecule has 188 valence electrons. The average molecular weight is 506 g/mol. The number of amidine groups is 2. The molecule has 8 nitrogen and oxygen atoms in total. The summed E-state index contributed by atoms with van der Waals surface area (Å²) < 4.78 is 0. The summed E-state index contributed by atoms with van der Waals surface area (Å²) in [5, 5.41) is 6.30. The van der Waals surface area contributed by atoms with Crippen LogP contribution in [0.4, 0.5) is 5.69 Å². The third-order valence-corrected chi connectivity index (χ3v) is 7.06. The largest absolute Gasteiger partial charge is 0.356 e. The second-order valence-electron chi connectivity index (χ2n) is 8.84. The van der Waals surface area contributed by atoms with Gasteiger partial charge in [-0.15, -0.1) is 0 Å². The number of aliphatic imine (C=N–C) groups is 2. The average Bonchev–Trinajstić information content (AvgIpc) is 3.23. The standard InChI is InChI=1S/C27H31N5O3S/c1-3-18(2)29-24(34)17-36-27-31-21-12-8-7-11-20(21)25-30-22(26(35)32(25)27)13-14-23(33)28-16-15-19-9-5-4-6-10-19/h4-12,18,22H,3,13-17H2,1-2H3,(H,28,33)(H,29,34)/t18-,22-/m1/s1. The van der Waals surface area contributed by atoms with E-state index in [1.165, 1.54) is 16.7 Å². The van der Waals surface area contributed by atoms with Gasteiger partial charge >= 0.3 is 0 Å². The summed E-state index contributed by atoms with van der Waals surface area (Å²) in [5.41, 5.74) is 2.64. The Hall–Kier alpha value is -3.46. The summed E-state index contributed by atoms with van der Waals surface area (Å²) in [7, 11) is 0. The second-order valence-corrected chi connectivity index (χ2v) is 9.79. The molecule has 0 saturated carbocycles. The van der Waals surface area contributed by atoms with Crippen molar-refractivity contribution in [2.45, 2.75) is 51.6 Å². The van der Waals surface area contributed by atoms with E-state index in [2.05, 4.69) is 20.6 Å². The van der Waals surface area contributed by atoms with Crippen molar-refractivity contribution >= 4 is 46.2 Å². The monoisotopic (exact) mass is 505 g/mol. The molecule has 0 bridgehead atoms. The van der Waals surface area contributed by atoms with Gasteiger partial charge in [-0.25, -0.2) is 9.89 Å². The maximum Gasteiger partial charge on any atom is 0.259 e. The number of para-hydroxylation sites is 1. The number of amides is 3. The lowest BCUT2D eigenvalue weighted by Crippen LogP contribution is -2.42. The van der Waals surface area contributed by atoms with E-state index in [0.29, 0.717) is 29.7 Å². The Balaban J connectivity index is 1.38. The van der Waals surface area contributed by atoms with Gasteiger partial charge in [0.1, 0.15) is 11.9 Å². The van der Waals surface area contributed by atoms with Gasteiger partial charge in [-0.1, -0.05) is 61.2 Å². The molecule has 2 N–H and O–H groups in total. The van der Waals surface area contributed by atoms with Gasteiger partial charge < -0.3 is 10.6 Å². The highest BCUT2D eigenvalue weighted by Gasteiger charge is 2.41. The highest BCUT2D eigenvalue weighted by atomic mass is 32.2. The summed E-state index contributed by atoms with van der Waals surface area (Å²) in [6, 6.07) is 16.9. The first-order valence-electron chi connectivity index (χ1n) is 12.3. The Labute approximate surface area is 215 Å². The van der Waals surface area contributed by atoms with Crippen LogP contribution in [0, 0.1) is 0 Å². The predicted octanol–water partition coefficient (Wildman–Crippen LogP) is 3.43. The van der Waals surface area contributed by atoms with Crippen LogP contribution in [-0.4, -0.2) is 58.0 Å². The molecule has 0 aliphatic carbocycles. The SMILES string of the molecule is CC[C@@H](C)NC(=O)CSC1=Nc2ccccc2C2=N[C@H](CCC(=O)NCCc3ccccc3)C(=O)N12. The number of hydrogen-bond acceptors (Lipinski definition) is 6. The van der Waals surface area contributed by atoms with Gasteiger partial charge in [-0.2, -0.15) is 0 Å². The number of thioether (sulfide) groups is 1. The lowest BCUT2D eigenvalue weighted by molar-refractivity contribution is -0.125. The quantitative estimate of drug-likeness (QED) is 0.516. The van der Waals surface area contributed by atoms with Gasteiger partial charge in [-0.3, -0.25) is 19.4 Å². The number of rotatable bonds is 10. The number of fused-ring (bicyclic) bond motifs is 3. The van der Waals surface area contributed by atoms with Crippen molar-refractivity contribution in [1.82, 2.24) is 15.5 Å². The first kappa shape index (κ1) is 25.6. The number of nitrogens with one attached hydrogen (secondary N) is 2. The molecule has 0 spiro atoms. The second kappa shape index (κ2) is 12.0. The van der Waals surface area contributed by atoms with E-state index in [1.807, 2.05) is 68.4 Å². The molecule has 9 heteroatoms. The number of carbonyl (C=O) groups excluding carboxylic acids is 3. The minimum Gasteiger partial charge on any atom is -0.356 e. The minimum absolute atomic E-state index is 0.0842. The zero-order valence-electron chi connectivity index (χ0n) is 20.6. The number of nitrogens with zero attached hydrogens (tertiary/aromatic N) is 3. The molecule has 2 aromatic rings. The molecule has 3 amide bonds. The fraction of sp³-hybridized carbons (Fsp3) is 0.370. The molecule has 36 heavy (non-hydrogen) atoms. The van der Waals surface area contributed by atoms with Crippen LogP contribution in [-0.2, 0) is 20.8 Å². The maximum atomic E-state index is 13.3. The van der Waals surface area contributed by atoms with E-state index in [1.54, 1.807) is 0 Å². The first-order valence-corrected chi connectivity index (χ1v) is 13.3. The molecular formula is C27H31N5O3S. The van der Waals surface area contributed by atoms with Crippen LogP contribution in [0.2, 0.25) is 0 Å². The van der Waals surface area contributed by atoms with Gasteiger partial charge in [0.05, 0.1) is 11.4 Å². The molecule has 4 rings (SSSR count). The fourth-order valence-corrected chi connectivity index (χ4v) is 4.79. The van der Waals surface area contributed by atoms with Crippen LogP contribution in [0.3, 0.4) is 0 Å². The topological polar surface area (TPSA) is 103 Å². The van der Waals surface area contributed by atoms with Gasteiger partial charge in [0.2, 0.25) is 11.8 Å². The van der Waals surface area contributed by atoms with Crippen molar-refractivity contribution in [2.24, 2.45) is 9.98 Å². The lowest BCUT2D eigenvalue weighted by atomic mass is 10.1. The highest BCUT2D eigenvalue weighted by Crippen LogP contribution is 2.34. The Bertz CT molecular complexity index is 1180. The fourth-order valence-electron chi connectivity index (χ4n) is 3.98. The van der Waals surface area contributed by atoms with Crippen molar-refractivity contribution in [3.05, 3.63) is 65.7 Å². The van der Waals surface area contributed by atoms with E-state index < -0.39 is 6.04 Å². The Morgan fingerprint density at radius 1 is 1.08 bits per heavy atom. The minimum atomic E-state index is -0.661. The smallest absolute Gasteiger partial charge is 0.259 e. The number of benzene rings is 2. The molecule has 2 atom stereocenters. The van der Waals surface area contributed by atoms with E-state index in [-0.39, 0.29) is 35.9 Å². The molecule has 0 radical (unpaired) electrons. The summed E-state index contributed by atoms with van der Waals surface area (Å²) in [6.45, 7) is 4.51. The van der Waals surface area contributed by atoms with E-state index in [9.17, 15) is 14.4 Å². The van der Waals surface area contributed by atoms with Crippen molar-refractivity contribution < 1.29 is 14.4 Å². The molecule has 0 saturated heterocycles. The van der Waals surface area contributed by atoms with Gasteiger partial charge in [0.25, 0.3) is 5.91 Å². The van der Waals surface area contributed by atoms with Crippen LogP contribution in [0.25, 0.3) is 0 Å². The normalized spacial score (nSPS) is 17.0. The zero-order chi connectivity index (χ0) is 25.5. The van der Waals surface area contributed by atoms with E-state index in [4.69, 9.17) is 0 Å². The number of carbonyl (C=O) groups is 3. The Morgan fingerprint density at radius 2 is 1.83 bits per heavy atom. The van der Waals surface area contributed by atoms with Crippen molar-refractivity contribution in [2.75, 3.05) is 12.3 Å². The molecule has 2 heterocycles. The van der Waals surface area contributed by atoms with Gasteiger partial charge in [0, 0.05) is 24.6 Å². The lowest BCUT2D eigenvalue weighted by Gasteiger charge is -2.25. The third-order valence-electron chi connectivity index (χ3n) is 6.12. The molecular weight excluding hydrogens is 474 g/mol. The maximum absolute atomic E-state index is 13.3. The van der Waals surface area contributed by atoms with Crippen LogP contribution in [0.15, 0.2) is 64.6 Å². The van der Waals surface area contributed by atoms with Crippen LogP contribution < -0.4 is 10.6 Å². The number of hydrogen-bond donors (Lipinski definition) is 2. The predicted molar refractivity (Wildman–Crippen MR) is 143 cm³/mol. The summed E-state index contributed by atoms with van der Waals surface area (Å²) in [5.74, 6) is 0.255. The van der Waals surface area contributed by atoms with Crippen molar-refractivity contribution in [1.29, 1.82) is 0 Å². The third kappa shape index (κ3) is 6.20. The summed E-state index contributed by atoms with van der Waals surface area (Å²) >= 11 is 1.22.